The van der Waals surface area contributed by atoms with Crippen molar-refractivity contribution in [2.75, 3.05) is 0 Å². The minimum atomic E-state index is -0.318. The van der Waals surface area contributed by atoms with Gasteiger partial charge in [0, 0.05) is 17.1 Å². The quantitative estimate of drug-likeness (QED) is 0.630. The lowest BCUT2D eigenvalue weighted by molar-refractivity contribution is -0.115. The van der Waals surface area contributed by atoms with Crippen LogP contribution in [0.25, 0.3) is 11.8 Å². The maximum atomic E-state index is 13.0. The number of thioether (sulfide) groups is 1. The van der Waals surface area contributed by atoms with Crippen LogP contribution in [-0.4, -0.2) is 15.6 Å². The number of hydrogen-bond acceptors (Lipinski definition) is 3. The van der Waals surface area contributed by atoms with Crippen molar-refractivity contribution in [1.29, 1.82) is 0 Å². The molecular weight excluding hydrogens is 373 g/mol. The molecule has 0 aliphatic carbocycles. The van der Waals surface area contributed by atoms with Gasteiger partial charge in [-0.2, -0.15) is 0 Å². The van der Waals surface area contributed by atoms with Gasteiger partial charge < -0.3 is 9.88 Å². The number of nitrogens with zero attached hydrogens (tertiary/aromatic N) is 2. The highest BCUT2D eigenvalue weighted by molar-refractivity contribution is 8.18. The van der Waals surface area contributed by atoms with Crippen LogP contribution in [-0.2, 0) is 4.79 Å². The molecule has 0 saturated carbocycles. The molecule has 0 unspecified atom stereocenters. The van der Waals surface area contributed by atoms with Crippen LogP contribution in [0.2, 0.25) is 0 Å². The molecule has 0 atom stereocenters. The van der Waals surface area contributed by atoms with E-state index in [9.17, 15) is 9.18 Å². The van der Waals surface area contributed by atoms with Crippen LogP contribution in [0.4, 0.5) is 10.1 Å². The Kier molecular flexibility index (Phi) is 4.88. The maximum absolute atomic E-state index is 13.0. The summed E-state index contributed by atoms with van der Waals surface area (Å²) in [5.74, 6) is -0.503. The number of amides is 1. The second-order valence-corrected chi connectivity index (χ2v) is 7.49. The van der Waals surface area contributed by atoms with Crippen molar-refractivity contribution in [3.8, 4) is 5.69 Å². The number of para-hydroxylation sites is 1. The lowest BCUT2D eigenvalue weighted by Crippen LogP contribution is -2.19. The molecule has 28 heavy (non-hydrogen) atoms. The fourth-order valence-electron chi connectivity index (χ4n) is 3.16. The largest absolute Gasteiger partial charge is 0.318 e. The summed E-state index contributed by atoms with van der Waals surface area (Å²) in [4.78, 5) is 17.3. The number of amidine groups is 1. The lowest BCUT2D eigenvalue weighted by Gasteiger charge is -2.09. The van der Waals surface area contributed by atoms with Crippen LogP contribution in [0.1, 0.15) is 17.0 Å². The van der Waals surface area contributed by atoms with Crippen LogP contribution in [0.15, 0.2) is 70.6 Å². The first-order chi connectivity index (χ1) is 13.5. The zero-order chi connectivity index (χ0) is 19.7. The van der Waals surface area contributed by atoms with E-state index in [0.717, 1.165) is 22.6 Å². The molecule has 1 fully saturated rings. The lowest BCUT2D eigenvalue weighted by atomic mass is 10.2. The molecule has 3 aromatic rings. The van der Waals surface area contributed by atoms with Gasteiger partial charge in [-0.3, -0.25) is 4.79 Å². The molecule has 1 aromatic heterocycles. The smallest absolute Gasteiger partial charge is 0.264 e. The number of carbonyl (C=O) groups excluding carboxylic acids is 1. The molecule has 4 nitrogen and oxygen atoms in total. The van der Waals surface area contributed by atoms with Gasteiger partial charge in [-0.1, -0.05) is 18.2 Å². The van der Waals surface area contributed by atoms with E-state index >= 15 is 0 Å². The van der Waals surface area contributed by atoms with Crippen LogP contribution in [0.5, 0.6) is 0 Å². The van der Waals surface area contributed by atoms with Crippen molar-refractivity contribution >= 4 is 34.6 Å². The number of nitrogens with one attached hydrogen (secondary N) is 1. The highest BCUT2D eigenvalue weighted by atomic mass is 32.2. The molecule has 1 aliphatic heterocycles. The summed E-state index contributed by atoms with van der Waals surface area (Å²) < 4.78 is 15.2. The van der Waals surface area contributed by atoms with Crippen molar-refractivity contribution in [2.24, 2.45) is 4.99 Å². The summed E-state index contributed by atoms with van der Waals surface area (Å²) in [6, 6.07) is 18.0. The van der Waals surface area contributed by atoms with Gasteiger partial charge in [0.2, 0.25) is 0 Å². The first-order valence-corrected chi connectivity index (χ1v) is 9.62. The summed E-state index contributed by atoms with van der Waals surface area (Å²) in [7, 11) is 0. The minimum Gasteiger partial charge on any atom is -0.318 e. The number of rotatable bonds is 3. The fraction of sp³-hybridized carbons (Fsp3) is 0.0909. The molecule has 140 valence electrons. The number of benzene rings is 2. The van der Waals surface area contributed by atoms with Gasteiger partial charge in [0.25, 0.3) is 5.91 Å². The summed E-state index contributed by atoms with van der Waals surface area (Å²) in [6.45, 7) is 4.09. The second-order valence-electron chi connectivity index (χ2n) is 6.46. The van der Waals surface area contributed by atoms with Crippen molar-refractivity contribution in [3.05, 3.63) is 88.3 Å². The van der Waals surface area contributed by atoms with Crippen LogP contribution >= 0.6 is 11.8 Å². The van der Waals surface area contributed by atoms with Gasteiger partial charge in [-0.25, -0.2) is 9.38 Å². The molecule has 1 N–H and O–H groups in total. The zero-order valence-electron chi connectivity index (χ0n) is 15.4. The van der Waals surface area contributed by atoms with Gasteiger partial charge in [0.1, 0.15) is 5.82 Å². The normalized spacial score (nSPS) is 16.8. The second kappa shape index (κ2) is 7.48. The Morgan fingerprint density at radius 2 is 1.79 bits per heavy atom. The third kappa shape index (κ3) is 3.64. The molecular formula is C22H18FN3OS. The SMILES string of the molecule is Cc1cc(/C=C2\SC(=Nc3ccc(F)cc3)NC2=O)c(C)n1-c1ccccc1. The van der Waals surface area contributed by atoms with E-state index < -0.39 is 0 Å². The Labute approximate surface area is 166 Å². The number of carbonyl (C=O) groups is 1. The standard InChI is InChI=1S/C22H18FN3OS/c1-14-12-16(15(2)26(14)19-6-4-3-5-7-19)13-20-21(27)25-22(28-20)24-18-10-8-17(23)9-11-18/h3-13H,1-2H3,(H,24,25,27)/b20-13-. The van der Waals surface area contributed by atoms with E-state index in [2.05, 4.69) is 33.1 Å². The number of hydrogen-bond donors (Lipinski definition) is 1. The highest BCUT2D eigenvalue weighted by Crippen LogP contribution is 2.30. The van der Waals surface area contributed by atoms with Gasteiger partial charge in [0.05, 0.1) is 10.6 Å². The maximum Gasteiger partial charge on any atom is 0.264 e. The Morgan fingerprint density at radius 3 is 2.50 bits per heavy atom. The van der Waals surface area contributed by atoms with E-state index in [1.807, 2.05) is 38.1 Å². The van der Waals surface area contributed by atoms with E-state index in [-0.39, 0.29) is 11.7 Å². The molecule has 2 heterocycles. The number of aliphatic imine (C=N–C) groups is 1. The number of aryl methyl sites for hydroxylation is 1. The predicted molar refractivity (Wildman–Crippen MR) is 112 cm³/mol. The third-order valence-electron chi connectivity index (χ3n) is 4.48. The van der Waals surface area contributed by atoms with Crippen LogP contribution < -0.4 is 5.32 Å². The van der Waals surface area contributed by atoms with Gasteiger partial charge in [0.15, 0.2) is 5.17 Å². The Balaban J connectivity index is 1.63. The molecule has 4 rings (SSSR count). The monoisotopic (exact) mass is 391 g/mol. The first-order valence-electron chi connectivity index (χ1n) is 8.81. The van der Waals surface area contributed by atoms with Gasteiger partial charge in [-0.05, 0) is 79.7 Å². The molecule has 0 spiro atoms. The Bertz CT molecular complexity index is 1100. The molecule has 1 aliphatic rings. The first kappa shape index (κ1) is 18.3. The number of aromatic nitrogens is 1. The summed E-state index contributed by atoms with van der Waals surface area (Å²) in [5, 5.41) is 3.25. The average Bonchev–Trinajstić information content (AvgIpc) is 3.16. The van der Waals surface area contributed by atoms with E-state index in [0.29, 0.717) is 15.8 Å². The highest BCUT2D eigenvalue weighted by Gasteiger charge is 2.24. The topological polar surface area (TPSA) is 46.4 Å². The minimum absolute atomic E-state index is 0.185. The Hall–Kier alpha value is -3.12. The van der Waals surface area contributed by atoms with Gasteiger partial charge in [-0.15, -0.1) is 0 Å². The van der Waals surface area contributed by atoms with Crippen molar-refractivity contribution in [1.82, 2.24) is 9.88 Å². The summed E-state index contributed by atoms with van der Waals surface area (Å²) in [5.41, 5.74) is 4.83. The number of halogens is 1. The summed E-state index contributed by atoms with van der Waals surface area (Å²) >= 11 is 1.28. The van der Waals surface area contributed by atoms with E-state index in [4.69, 9.17) is 0 Å². The molecule has 0 bridgehead atoms. The zero-order valence-corrected chi connectivity index (χ0v) is 16.3. The molecule has 2 aromatic carbocycles. The Morgan fingerprint density at radius 1 is 1.07 bits per heavy atom. The van der Waals surface area contributed by atoms with Crippen molar-refractivity contribution < 1.29 is 9.18 Å². The van der Waals surface area contributed by atoms with Crippen LogP contribution in [0, 0.1) is 19.7 Å². The summed E-state index contributed by atoms with van der Waals surface area (Å²) in [6.07, 6.45) is 1.88. The van der Waals surface area contributed by atoms with Crippen LogP contribution in [0.3, 0.4) is 0 Å². The molecule has 1 saturated heterocycles. The molecule has 6 heteroatoms. The fourth-order valence-corrected chi connectivity index (χ4v) is 4.00. The van der Waals surface area contributed by atoms with Crippen molar-refractivity contribution in [2.45, 2.75) is 13.8 Å². The van der Waals surface area contributed by atoms with E-state index in [1.54, 1.807) is 12.1 Å². The predicted octanol–water partition coefficient (Wildman–Crippen LogP) is 5.12. The van der Waals surface area contributed by atoms with Crippen molar-refractivity contribution in [3.63, 3.8) is 0 Å². The molecule has 0 radical (unpaired) electrons. The third-order valence-corrected chi connectivity index (χ3v) is 5.39. The molecule has 1 amide bonds. The average molecular weight is 391 g/mol. The van der Waals surface area contributed by atoms with Gasteiger partial charge >= 0.3 is 0 Å². The van der Waals surface area contributed by atoms with E-state index in [1.165, 1.54) is 23.9 Å².